The SMILES string of the molecule is N#Cc1ccc(-c2ccc(C#N)s2)c(NS(=O)(=O)c2cc(C(=O)O)ccc2C2CC2)c1. The fraction of sp³-hybridized carbons (Fsp3) is 0.136. The van der Waals surface area contributed by atoms with E-state index in [9.17, 15) is 23.6 Å². The number of nitrogens with one attached hydrogen (secondary N) is 1. The van der Waals surface area contributed by atoms with Gasteiger partial charge in [-0.05, 0) is 60.7 Å². The van der Waals surface area contributed by atoms with Crippen LogP contribution in [0.3, 0.4) is 0 Å². The number of carboxylic acids is 1. The van der Waals surface area contributed by atoms with Crippen LogP contribution < -0.4 is 4.72 Å². The first kappa shape index (κ1) is 20.6. The van der Waals surface area contributed by atoms with Gasteiger partial charge in [0.2, 0.25) is 0 Å². The van der Waals surface area contributed by atoms with Crippen molar-refractivity contribution in [3.8, 4) is 22.6 Å². The highest BCUT2D eigenvalue weighted by atomic mass is 32.2. The average Bonchev–Trinajstić information content (AvgIpc) is 3.50. The summed E-state index contributed by atoms with van der Waals surface area (Å²) in [6, 6.07) is 16.1. The van der Waals surface area contributed by atoms with Gasteiger partial charge in [0, 0.05) is 10.4 Å². The number of benzene rings is 2. The normalized spacial score (nSPS) is 13.2. The molecular weight excluding hydrogens is 434 g/mol. The van der Waals surface area contributed by atoms with Gasteiger partial charge in [0.25, 0.3) is 10.0 Å². The van der Waals surface area contributed by atoms with Crippen LogP contribution in [-0.2, 0) is 10.0 Å². The highest BCUT2D eigenvalue weighted by molar-refractivity contribution is 7.92. The fourth-order valence-corrected chi connectivity index (χ4v) is 5.53. The minimum atomic E-state index is -4.14. The summed E-state index contributed by atoms with van der Waals surface area (Å²) < 4.78 is 29.2. The number of thiophene rings is 1. The summed E-state index contributed by atoms with van der Waals surface area (Å²) in [6.45, 7) is 0. The summed E-state index contributed by atoms with van der Waals surface area (Å²) in [5.74, 6) is -1.14. The van der Waals surface area contributed by atoms with Gasteiger partial charge in [-0.3, -0.25) is 4.72 Å². The zero-order chi connectivity index (χ0) is 22.2. The van der Waals surface area contributed by atoms with Gasteiger partial charge in [-0.15, -0.1) is 11.3 Å². The van der Waals surface area contributed by atoms with Gasteiger partial charge in [0.1, 0.15) is 10.9 Å². The lowest BCUT2D eigenvalue weighted by atomic mass is 10.1. The third-order valence-corrected chi connectivity index (χ3v) is 7.39. The molecule has 0 saturated heterocycles. The van der Waals surface area contributed by atoms with Crippen molar-refractivity contribution in [1.82, 2.24) is 0 Å². The van der Waals surface area contributed by atoms with Crippen molar-refractivity contribution in [1.29, 1.82) is 10.5 Å². The molecule has 0 amide bonds. The van der Waals surface area contributed by atoms with Crippen molar-refractivity contribution in [3.63, 3.8) is 0 Å². The number of hydrogen-bond acceptors (Lipinski definition) is 6. The van der Waals surface area contributed by atoms with Crippen molar-refractivity contribution >= 4 is 33.0 Å². The molecule has 1 fully saturated rings. The third-order valence-electron chi connectivity index (χ3n) is 4.94. The molecule has 154 valence electrons. The number of anilines is 1. The van der Waals surface area contributed by atoms with Gasteiger partial charge in [0.05, 0.1) is 27.8 Å². The molecule has 7 nitrogen and oxygen atoms in total. The average molecular weight is 450 g/mol. The lowest BCUT2D eigenvalue weighted by Crippen LogP contribution is -2.16. The Morgan fingerprint density at radius 1 is 1.06 bits per heavy atom. The molecule has 0 atom stereocenters. The van der Waals surface area contributed by atoms with Crippen LogP contribution in [0.4, 0.5) is 5.69 Å². The maximum Gasteiger partial charge on any atom is 0.335 e. The van der Waals surface area contributed by atoms with Crippen LogP contribution in [0.5, 0.6) is 0 Å². The number of nitriles is 2. The van der Waals surface area contributed by atoms with E-state index in [0.29, 0.717) is 20.9 Å². The predicted molar refractivity (Wildman–Crippen MR) is 115 cm³/mol. The number of aromatic carboxylic acids is 1. The topological polar surface area (TPSA) is 131 Å². The van der Waals surface area contributed by atoms with Crippen LogP contribution in [0.15, 0.2) is 53.4 Å². The Morgan fingerprint density at radius 3 is 2.45 bits per heavy atom. The number of carbonyl (C=O) groups is 1. The van der Waals surface area contributed by atoms with Crippen molar-refractivity contribution in [3.05, 3.63) is 70.1 Å². The monoisotopic (exact) mass is 449 g/mol. The Kier molecular flexibility index (Phi) is 5.24. The van der Waals surface area contributed by atoms with Gasteiger partial charge in [-0.2, -0.15) is 10.5 Å². The molecule has 2 aromatic carbocycles. The van der Waals surface area contributed by atoms with Crippen LogP contribution in [-0.4, -0.2) is 19.5 Å². The maximum absolute atomic E-state index is 13.3. The first-order chi connectivity index (χ1) is 14.8. The number of hydrogen-bond donors (Lipinski definition) is 2. The van der Waals surface area contributed by atoms with Crippen LogP contribution in [0.25, 0.3) is 10.4 Å². The van der Waals surface area contributed by atoms with E-state index >= 15 is 0 Å². The lowest BCUT2D eigenvalue weighted by Gasteiger charge is -2.15. The van der Waals surface area contributed by atoms with Crippen LogP contribution in [0.1, 0.15) is 45.1 Å². The molecular formula is C22H15N3O4S2. The molecule has 4 rings (SSSR count). The van der Waals surface area contributed by atoms with Gasteiger partial charge in [-0.25, -0.2) is 13.2 Å². The molecule has 0 unspecified atom stereocenters. The summed E-state index contributed by atoms with van der Waals surface area (Å²) in [5, 5.41) is 27.7. The largest absolute Gasteiger partial charge is 0.478 e. The van der Waals surface area contributed by atoms with E-state index in [-0.39, 0.29) is 27.6 Å². The highest BCUT2D eigenvalue weighted by Gasteiger charge is 2.31. The molecule has 1 saturated carbocycles. The Hall–Kier alpha value is -3.66. The van der Waals surface area contributed by atoms with Crippen molar-refractivity contribution in [2.24, 2.45) is 0 Å². The molecule has 0 aliphatic heterocycles. The molecule has 31 heavy (non-hydrogen) atoms. The van der Waals surface area contributed by atoms with Gasteiger partial charge in [0.15, 0.2) is 0 Å². The maximum atomic E-state index is 13.3. The molecule has 0 bridgehead atoms. The van der Waals surface area contributed by atoms with Crippen LogP contribution in [0, 0.1) is 22.7 Å². The standard InChI is InChI=1S/C22H15N3O4S2/c23-11-13-1-6-18(20-8-5-16(12-24)30-20)19(9-13)25-31(28,29)21-10-15(22(26)27)4-7-17(21)14-2-3-14/h1,4-10,14,25H,2-3H2,(H,26,27). The summed E-state index contributed by atoms with van der Waals surface area (Å²) in [5.41, 5.74) is 1.44. The molecule has 0 radical (unpaired) electrons. The van der Waals surface area contributed by atoms with E-state index < -0.39 is 16.0 Å². The van der Waals surface area contributed by atoms with E-state index in [1.807, 2.05) is 12.1 Å². The van der Waals surface area contributed by atoms with E-state index in [2.05, 4.69) is 4.72 Å². The summed E-state index contributed by atoms with van der Waals surface area (Å²) in [4.78, 5) is 12.5. The minimum Gasteiger partial charge on any atom is -0.478 e. The third kappa shape index (κ3) is 4.15. The van der Waals surface area contributed by atoms with E-state index in [1.165, 1.54) is 29.5 Å². The molecule has 1 aliphatic rings. The Morgan fingerprint density at radius 2 is 1.84 bits per heavy atom. The summed E-state index contributed by atoms with van der Waals surface area (Å²) in [7, 11) is -4.14. The first-order valence-corrected chi connectivity index (χ1v) is 11.6. The quantitative estimate of drug-likeness (QED) is 0.568. The van der Waals surface area contributed by atoms with Crippen molar-refractivity contribution in [2.45, 2.75) is 23.7 Å². The Labute approximate surface area is 182 Å². The summed E-state index contributed by atoms with van der Waals surface area (Å²) >= 11 is 1.20. The second kappa shape index (κ2) is 7.88. The molecule has 3 aromatic rings. The van der Waals surface area contributed by atoms with Crippen LogP contribution in [0.2, 0.25) is 0 Å². The highest BCUT2D eigenvalue weighted by Crippen LogP contribution is 2.44. The van der Waals surface area contributed by atoms with Gasteiger partial charge in [-0.1, -0.05) is 12.1 Å². The second-order valence-electron chi connectivity index (χ2n) is 7.09. The zero-order valence-corrected chi connectivity index (χ0v) is 17.6. The molecule has 0 spiro atoms. The minimum absolute atomic E-state index is 0.0768. The Balaban J connectivity index is 1.82. The van der Waals surface area contributed by atoms with Gasteiger partial charge >= 0.3 is 5.97 Å². The van der Waals surface area contributed by atoms with E-state index in [1.54, 1.807) is 30.3 Å². The van der Waals surface area contributed by atoms with E-state index in [4.69, 9.17) is 5.26 Å². The first-order valence-electron chi connectivity index (χ1n) is 9.27. The zero-order valence-electron chi connectivity index (χ0n) is 16.0. The number of nitrogens with zero attached hydrogens (tertiary/aromatic N) is 2. The number of sulfonamides is 1. The molecule has 9 heteroatoms. The van der Waals surface area contributed by atoms with Gasteiger partial charge < -0.3 is 5.11 Å². The Bertz CT molecular complexity index is 1390. The molecule has 2 N–H and O–H groups in total. The van der Waals surface area contributed by atoms with E-state index in [0.717, 1.165) is 12.8 Å². The predicted octanol–water partition coefficient (Wildman–Crippen LogP) is 4.53. The second-order valence-corrected chi connectivity index (χ2v) is 9.82. The van der Waals surface area contributed by atoms with Crippen molar-refractivity contribution in [2.75, 3.05) is 4.72 Å². The molecule has 1 heterocycles. The number of rotatable bonds is 6. The fourth-order valence-electron chi connectivity index (χ4n) is 3.29. The summed E-state index contributed by atoms with van der Waals surface area (Å²) in [6.07, 6.45) is 1.69. The van der Waals surface area contributed by atoms with Crippen LogP contribution >= 0.6 is 11.3 Å². The number of carboxylic acid groups (broad SMARTS) is 1. The molecule has 1 aromatic heterocycles. The lowest BCUT2D eigenvalue weighted by molar-refractivity contribution is 0.0696. The molecule has 1 aliphatic carbocycles. The smallest absolute Gasteiger partial charge is 0.335 e. The van der Waals surface area contributed by atoms with Crippen molar-refractivity contribution < 1.29 is 18.3 Å².